The number of amides is 1. The van der Waals surface area contributed by atoms with E-state index in [1.165, 1.54) is 12.1 Å². The summed E-state index contributed by atoms with van der Waals surface area (Å²) < 4.78 is 13.1. The summed E-state index contributed by atoms with van der Waals surface area (Å²) in [4.78, 5) is 12.0. The highest BCUT2D eigenvalue weighted by atomic mass is 19.1. The number of carbonyl (C=O) groups is 1. The highest BCUT2D eigenvalue weighted by Crippen LogP contribution is 2.19. The van der Waals surface area contributed by atoms with Crippen LogP contribution in [0.25, 0.3) is 0 Å². The van der Waals surface area contributed by atoms with Crippen molar-refractivity contribution < 1.29 is 14.3 Å². The predicted octanol–water partition coefficient (Wildman–Crippen LogP) is 2.17. The standard InChI is InChI=1S/C14H18FNO2/c1-9-6-7-10(15)8-11(9)14(18)16-12-4-2-3-5-13(12)17/h6-8,12-13,17H,2-5H2,1H3,(H,16,18). The molecule has 0 bridgehead atoms. The highest BCUT2D eigenvalue weighted by Gasteiger charge is 2.25. The molecule has 0 aliphatic heterocycles. The van der Waals surface area contributed by atoms with Crippen molar-refractivity contribution in [3.63, 3.8) is 0 Å². The first-order valence-electron chi connectivity index (χ1n) is 6.33. The molecule has 1 saturated carbocycles. The Morgan fingerprint density at radius 1 is 1.39 bits per heavy atom. The lowest BCUT2D eigenvalue weighted by Crippen LogP contribution is -2.45. The first-order valence-corrected chi connectivity index (χ1v) is 6.33. The zero-order valence-electron chi connectivity index (χ0n) is 10.4. The van der Waals surface area contributed by atoms with E-state index in [1.807, 2.05) is 0 Å². The molecule has 1 aromatic carbocycles. The molecule has 3 nitrogen and oxygen atoms in total. The molecule has 2 N–H and O–H groups in total. The Morgan fingerprint density at radius 2 is 2.11 bits per heavy atom. The summed E-state index contributed by atoms with van der Waals surface area (Å²) in [6, 6.07) is 3.94. The molecule has 18 heavy (non-hydrogen) atoms. The second-order valence-corrected chi connectivity index (χ2v) is 4.89. The van der Waals surface area contributed by atoms with Crippen LogP contribution in [0.4, 0.5) is 4.39 Å². The molecule has 2 unspecified atom stereocenters. The summed E-state index contributed by atoms with van der Waals surface area (Å²) in [6.45, 7) is 1.77. The van der Waals surface area contributed by atoms with Gasteiger partial charge in [0.2, 0.25) is 0 Å². The van der Waals surface area contributed by atoms with E-state index < -0.39 is 11.9 Å². The Balaban J connectivity index is 2.09. The number of rotatable bonds is 2. The third kappa shape index (κ3) is 2.88. The fourth-order valence-electron chi connectivity index (χ4n) is 2.36. The van der Waals surface area contributed by atoms with E-state index in [9.17, 15) is 14.3 Å². The minimum Gasteiger partial charge on any atom is -0.391 e. The lowest BCUT2D eigenvalue weighted by molar-refractivity contribution is 0.0716. The number of aryl methyl sites for hydroxylation is 1. The Labute approximate surface area is 106 Å². The lowest BCUT2D eigenvalue weighted by Gasteiger charge is -2.28. The van der Waals surface area contributed by atoms with Crippen molar-refractivity contribution in [3.05, 3.63) is 35.1 Å². The Kier molecular flexibility index (Phi) is 3.97. The zero-order chi connectivity index (χ0) is 13.1. The van der Waals surface area contributed by atoms with E-state index in [2.05, 4.69) is 5.32 Å². The third-order valence-electron chi connectivity index (χ3n) is 3.49. The monoisotopic (exact) mass is 251 g/mol. The summed E-state index contributed by atoms with van der Waals surface area (Å²) in [5.74, 6) is -0.729. The van der Waals surface area contributed by atoms with Gasteiger partial charge in [0.05, 0.1) is 12.1 Å². The van der Waals surface area contributed by atoms with Gasteiger partial charge in [-0.1, -0.05) is 18.9 Å². The average Bonchev–Trinajstić information content (AvgIpc) is 2.35. The Bertz CT molecular complexity index is 447. The van der Waals surface area contributed by atoms with E-state index >= 15 is 0 Å². The number of aliphatic hydroxyl groups is 1. The van der Waals surface area contributed by atoms with Crippen LogP contribution in [0.1, 0.15) is 41.6 Å². The number of halogens is 1. The van der Waals surface area contributed by atoms with Gasteiger partial charge >= 0.3 is 0 Å². The van der Waals surface area contributed by atoms with Gasteiger partial charge in [-0.2, -0.15) is 0 Å². The maximum atomic E-state index is 13.1. The van der Waals surface area contributed by atoms with Gasteiger partial charge in [0, 0.05) is 5.56 Å². The van der Waals surface area contributed by atoms with Gasteiger partial charge in [0.15, 0.2) is 0 Å². The Morgan fingerprint density at radius 3 is 2.83 bits per heavy atom. The number of nitrogens with one attached hydrogen (secondary N) is 1. The summed E-state index contributed by atoms with van der Waals surface area (Å²) in [5, 5.41) is 12.6. The topological polar surface area (TPSA) is 49.3 Å². The van der Waals surface area contributed by atoms with Gasteiger partial charge in [-0.25, -0.2) is 4.39 Å². The summed E-state index contributed by atoms with van der Waals surface area (Å²) in [6.07, 6.45) is 3.00. The molecule has 98 valence electrons. The molecule has 1 aliphatic rings. The third-order valence-corrected chi connectivity index (χ3v) is 3.49. The van der Waals surface area contributed by atoms with Gasteiger partial charge in [-0.15, -0.1) is 0 Å². The van der Waals surface area contributed by atoms with Crippen molar-refractivity contribution in [2.45, 2.75) is 44.8 Å². The summed E-state index contributed by atoms with van der Waals surface area (Å²) >= 11 is 0. The van der Waals surface area contributed by atoms with E-state index in [4.69, 9.17) is 0 Å². The maximum absolute atomic E-state index is 13.1. The van der Waals surface area contributed by atoms with Crippen LogP contribution in [0.3, 0.4) is 0 Å². The van der Waals surface area contributed by atoms with Crippen molar-refractivity contribution in [2.75, 3.05) is 0 Å². The van der Waals surface area contributed by atoms with Crippen molar-refractivity contribution in [3.8, 4) is 0 Å². The minimum absolute atomic E-state index is 0.214. The molecular weight excluding hydrogens is 233 g/mol. The van der Waals surface area contributed by atoms with Gasteiger partial charge < -0.3 is 10.4 Å². The lowest BCUT2D eigenvalue weighted by atomic mass is 9.92. The molecule has 1 aromatic rings. The van der Waals surface area contributed by atoms with Gasteiger partial charge in [-0.05, 0) is 37.5 Å². The average molecular weight is 251 g/mol. The molecule has 0 saturated heterocycles. The van der Waals surface area contributed by atoms with Crippen LogP contribution in [-0.4, -0.2) is 23.2 Å². The van der Waals surface area contributed by atoms with Gasteiger partial charge in [0.25, 0.3) is 5.91 Å². The number of carbonyl (C=O) groups excluding carboxylic acids is 1. The van der Waals surface area contributed by atoms with Crippen molar-refractivity contribution in [1.82, 2.24) is 5.32 Å². The van der Waals surface area contributed by atoms with E-state index in [-0.39, 0.29) is 11.9 Å². The zero-order valence-corrected chi connectivity index (χ0v) is 10.4. The van der Waals surface area contributed by atoms with Crippen molar-refractivity contribution in [2.24, 2.45) is 0 Å². The predicted molar refractivity (Wildman–Crippen MR) is 66.9 cm³/mol. The van der Waals surface area contributed by atoms with Crippen LogP contribution in [-0.2, 0) is 0 Å². The molecule has 4 heteroatoms. The van der Waals surface area contributed by atoms with Crippen molar-refractivity contribution >= 4 is 5.91 Å². The van der Waals surface area contributed by atoms with Crippen LogP contribution >= 0.6 is 0 Å². The molecule has 2 atom stereocenters. The van der Waals surface area contributed by atoms with E-state index in [0.29, 0.717) is 12.0 Å². The first kappa shape index (κ1) is 13.0. The smallest absolute Gasteiger partial charge is 0.251 e. The maximum Gasteiger partial charge on any atom is 0.251 e. The van der Waals surface area contributed by atoms with Gasteiger partial charge in [-0.3, -0.25) is 4.79 Å². The SMILES string of the molecule is Cc1ccc(F)cc1C(=O)NC1CCCCC1O. The first-order chi connectivity index (χ1) is 8.58. The van der Waals surface area contributed by atoms with Gasteiger partial charge in [0.1, 0.15) is 5.82 Å². The number of hydrogen-bond donors (Lipinski definition) is 2. The van der Waals surface area contributed by atoms with E-state index in [1.54, 1.807) is 13.0 Å². The van der Waals surface area contributed by atoms with Crippen LogP contribution in [0.15, 0.2) is 18.2 Å². The normalized spacial score (nSPS) is 23.7. The van der Waals surface area contributed by atoms with Crippen LogP contribution in [0, 0.1) is 12.7 Å². The number of aliphatic hydroxyl groups excluding tert-OH is 1. The molecule has 0 radical (unpaired) electrons. The summed E-state index contributed by atoms with van der Waals surface area (Å²) in [7, 11) is 0. The summed E-state index contributed by atoms with van der Waals surface area (Å²) in [5.41, 5.74) is 1.08. The molecule has 0 spiro atoms. The minimum atomic E-state index is -0.489. The van der Waals surface area contributed by atoms with Crippen LogP contribution < -0.4 is 5.32 Å². The Hall–Kier alpha value is -1.42. The highest BCUT2D eigenvalue weighted by molar-refractivity contribution is 5.95. The molecular formula is C14H18FNO2. The second-order valence-electron chi connectivity index (χ2n) is 4.89. The van der Waals surface area contributed by atoms with Crippen LogP contribution in [0.2, 0.25) is 0 Å². The molecule has 0 aromatic heterocycles. The fraction of sp³-hybridized carbons (Fsp3) is 0.500. The molecule has 1 amide bonds. The fourth-order valence-corrected chi connectivity index (χ4v) is 2.36. The van der Waals surface area contributed by atoms with Crippen LogP contribution in [0.5, 0.6) is 0 Å². The van der Waals surface area contributed by atoms with Crippen molar-refractivity contribution in [1.29, 1.82) is 0 Å². The number of benzene rings is 1. The molecule has 2 rings (SSSR count). The largest absolute Gasteiger partial charge is 0.391 e. The second kappa shape index (κ2) is 5.48. The molecule has 0 heterocycles. The molecule has 1 fully saturated rings. The number of hydrogen-bond acceptors (Lipinski definition) is 2. The van der Waals surface area contributed by atoms with E-state index in [0.717, 1.165) is 24.8 Å². The quantitative estimate of drug-likeness (QED) is 0.846. The molecule has 1 aliphatic carbocycles.